The van der Waals surface area contributed by atoms with Crippen LogP contribution in [0.2, 0.25) is 0 Å². The zero-order valence-corrected chi connectivity index (χ0v) is 11.6. The summed E-state index contributed by atoms with van der Waals surface area (Å²) in [6.07, 6.45) is 3.67. The van der Waals surface area contributed by atoms with Gasteiger partial charge in [-0.25, -0.2) is 4.98 Å². The summed E-state index contributed by atoms with van der Waals surface area (Å²) in [5.74, 6) is 0.618. The van der Waals surface area contributed by atoms with Crippen LogP contribution in [0.5, 0.6) is 0 Å². The number of anilines is 1. The van der Waals surface area contributed by atoms with Crippen molar-refractivity contribution in [3.05, 3.63) is 23.9 Å². The molecular weight excluding hydrogens is 240 g/mol. The van der Waals surface area contributed by atoms with Crippen LogP contribution in [0.1, 0.15) is 37.0 Å². The van der Waals surface area contributed by atoms with Crippen molar-refractivity contribution < 1.29 is 4.79 Å². The number of carbonyl (C=O) groups is 1. The van der Waals surface area contributed by atoms with Crippen molar-refractivity contribution in [3.63, 3.8) is 0 Å². The molecule has 5 nitrogen and oxygen atoms in total. The SMILES string of the molecule is CC(C)Nc1ncccc1C(=O)NC1CCNCC1. The molecule has 2 heterocycles. The third-order valence-corrected chi connectivity index (χ3v) is 3.15. The Morgan fingerprint density at radius 1 is 1.42 bits per heavy atom. The van der Waals surface area contributed by atoms with Gasteiger partial charge in [-0.2, -0.15) is 0 Å². The Bertz CT molecular complexity index is 427. The Hall–Kier alpha value is -1.62. The van der Waals surface area contributed by atoms with Crippen molar-refractivity contribution in [3.8, 4) is 0 Å². The van der Waals surface area contributed by atoms with E-state index in [1.807, 2.05) is 19.9 Å². The van der Waals surface area contributed by atoms with Gasteiger partial charge >= 0.3 is 0 Å². The van der Waals surface area contributed by atoms with Crippen molar-refractivity contribution in [1.29, 1.82) is 0 Å². The molecule has 1 aromatic rings. The van der Waals surface area contributed by atoms with E-state index in [2.05, 4.69) is 20.9 Å². The number of nitrogens with zero attached hydrogens (tertiary/aromatic N) is 1. The molecule has 1 aromatic heterocycles. The third kappa shape index (κ3) is 3.92. The summed E-state index contributed by atoms with van der Waals surface area (Å²) in [5.41, 5.74) is 0.620. The number of nitrogens with one attached hydrogen (secondary N) is 3. The van der Waals surface area contributed by atoms with Crippen molar-refractivity contribution in [2.45, 2.75) is 38.8 Å². The van der Waals surface area contributed by atoms with Crippen LogP contribution in [-0.4, -0.2) is 36.1 Å². The molecular formula is C14H22N4O. The van der Waals surface area contributed by atoms with E-state index < -0.39 is 0 Å². The van der Waals surface area contributed by atoms with Gasteiger partial charge in [0.1, 0.15) is 5.82 Å². The number of rotatable bonds is 4. The standard InChI is InChI=1S/C14H22N4O/c1-10(2)17-13-12(4-3-7-16-13)14(19)18-11-5-8-15-9-6-11/h3-4,7,10-11,15H,5-6,8-9H2,1-2H3,(H,16,17)(H,18,19). The molecule has 1 amide bonds. The summed E-state index contributed by atoms with van der Waals surface area (Å²) in [6.45, 7) is 6.00. The molecule has 0 spiro atoms. The number of aromatic nitrogens is 1. The molecule has 1 aliphatic rings. The number of hydrogen-bond donors (Lipinski definition) is 3. The maximum Gasteiger partial charge on any atom is 0.255 e. The molecule has 0 bridgehead atoms. The van der Waals surface area contributed by atoms with Gasteiger partial charge in [0.2, 0.25) is 0 Å². The van der Waals surface area contributed by atoms with Gasteiger partial charge in [-0.1, -0.05) is 0 Å². The monoisotopic (exact) mass is 262 g/mol. The highest BCUT2D eigenvalue weighted by Gasteiger charge is 2.18. The maximum absolute atomic E-state index is 12.3. The van der Waals surface area contributed by atoms with E-state index in [4.69, 9.17) is 0 Å². The molecule has 1 fully saturated rings. The van der Waals surface area contributed by atoms with Crippen molar-refractivity contribution >= 4 is 11.7 Å². The van der Waals surface area contributed by atoms with Crippen LogP contribution in [0, 0.1) is 0 Å². The smallest absolute Gasteiger partial charge is 0.255 e. The summed E-state index contributed by atoms with van der Waals surface area (Å²) in [7, 11) is 0. The van der Waals surface area contributed by atoms with Crippen LogP contribution in [0.4, 0.5) is 5.82 Å². The predicted octanol–water partition coefficient (Wildman–Crippen LogP) is 1.38. The lowest BCUT2D eigenvalue weighted by atomic mass is 10.1. The molecule has 2 rings (SSSR count). The second kappa shape index (κ2) is 6.52. The molecule has 5 heteroatoms. The summed E-state index contributed by atoms with van der Waals surface area (Å²) in [5, 5.41) is 9.59. The second-order valence-electron chi connectivity index (χ2n) is 5.20. The van der Waals surface area contributed by atoms with Crippen molar-refractivity contribution in [1.82, 2.24) is 15.6 Å². The highest BCUT2D eigenvalue weighted by molar-refractivity contribution is 5.98. The van der Waals surface area contributed by atoms with E-state index in [0.717, 1.165) is 25.9 Å². The fraction of sp³-hybridized carbons (Fsp3) is 0.571. The first kappa shape index (κ1) is 13.8. The topological polar surface area (TPSA) is 66.0 Å². The van der Waals surface area contributed by atoms with Crippen LogP contribution in [0.25, 0.3) is 0 Å². The highest BCUT2D eigenvalue weighted by Crippen LogP contribution is 2.13. The summed E-state index contributed by atoms with van der Waals surface area (Å²) in [4.78, 5) is 16.6. The minimum atomic E-state index is -0.0387. The van der Waals surface area contributed by atoms with E-state index in [1.54, 1.807) is 12.3 Å². The molecule has 0 aliphatic carbocycles. The molecule has 104 valence electrons. The Balaban J connectivity index is 2.05. The van der Waals surface area contributed by atoms with E-state index in [-0.39, 0.29) is 18.0 Å². The van der Waals surface area contributed by atoms with Crippen LogP contribution in [-0.2, 0) is 0 Å². The minimum absolute atomic E-state index is 0.0387. The first-order valence-corrected chi connectivity index (χ1v) is 6.90. The van der Waals surface area contributed by atoms with Crippen molar-refractivity contribution in [2.75, 3.05) is 18.4 Å². The van der Waals surface area contributed by atoms with Gasteiger partial charge in [0.05, 0.1) is 5.56 Å². The largest absolute Gasteiger partial charge is 0.367 e. The van der Waals surface area contributed by atoms with Gasteiger partial charge in [0.15, 0.2) is 0 Å². The van der Waals surface area contributed by atoms with Crippen LogP contribution >= 0.6 is 0 Å². The lowest BCUT2D eigenvalue weighted by Crippen LogP contribution is -2.43. The highest BCUT2D eigenvalue weighted by atomic mass is 16.1. The molecule has 19 heavy (non-hydrogen) atoms. The van der Waals surface area contributed by atoms with Crippen LogP contribution in [0.15, 0.2) is 18.3 Å². The number of hydrogen-bond acceptors (Lipinski definition) is 4. The lowest BCUT2D eigenvalue weighted by Gasteiger charge is -2.24. The Labute approximate surface area is 114 Å². The molecule has 1 aliphatic heterocycles. The molecule has 0 radical (unpaired) electrons. The molecule has 0 saturated carbocycles. The fourth-order valence-electron chi connectivity index (χ4n) is 2.21. The van der Waals surface area contributed by atoms with Gasteiger partial charge in [-0.3, -0.25) is 4.79 Å². The van der Waals surface area contributed by atoms with Gasteiger partial charge in [-0.15, -0.1) is 0 Å². The summed E-state index contributed by atoms with van der Waals surface area (Å²) >= 11 is 0. The van der Waals surface area contributed by atoms with Gasteiger partial charge < -0.3 is 16.0 Å². The molecule has 0 aromatic carbocycles. The maximum atomic E-state index is 12.3. The number of carbonyl (C=O) groups excluding carboxylic acids is 1. The third-order valence-electron chi connectivity index (χ3n) is 3.15. The van der Waals surface area contributed by atoms with Crippen LogP contribution in [0.3, 0.4) is 0 Å². The molecule has 3 N–H and O–H groups in total. The first-order chi connectivity index (χ1) is 9.16. The zero-order chi connectivity index (χ0) is 13.7. The summed E-state index contributed by atoms with van der Waals surface area (Å²) < 4.78 is 0. The van der Waals surface area contributed by atoms with Crippen LogP contribution < -0.4 is 16.0 Å². The quantitative estimate of drug-likeness (QED) is 0.767. The first-order valence-electron chi connectivity index (χ1n) is 6.90. The fourth-order valence-corrected chi connectivity index (χ4v) is 2.21. The van der Waals surface area contributed by atoms with Gasteiger partial charge in [-0.05, 0) is 51.9 Å². The number of amides is 1. The van der Waals surface area contributed by atoms with Gasteiger partial charge in [0.25, 0.3) is 5.91 Å². The normalized spacial score (nSPS) is 16.4. The Kier molecular flexibility index (Phi) is 4.74. The number of piperidine rings is 1. The second-order valence-corrected chi connectivity index (χ2v) is 5.20. The summed E-state index contributed by atoms with van der Waals surface area (Å²) in [6, 6.07) is 4.12. The number of pyridine rings is 1. The lowest BCUT2D eigenvalue weighted by molar-refractivity contribution is 0.0930. The predicted molar refractivity (Wildman–Crippen MR) is 76.4 cm³/mol. The Morgan fingerprint density at radius 3 is 2.84 bits per heavy atom. The average molecular weight is 262 g/mol. The molecule has 0 atom stereocenters. The Morgan fingerprint density at radius 2 is 2.16 bits per heavy atom. The van der Waals surface area contributed by atoms with Crippen molar-refractivity contribution in [2.24, 2.45) is 0 Å². The average Bonchev–Trinajstić information content (AvgIpc) is 2.39. The van der Waals surface area contributed by atoms with Gasteiger partial charge in [0, 0.05) is 18.3 Å². The molecule has 1 saturated heterocycles. The van der Waals surface area contributed by atoms with E-state index in [9.17, 15) is 4.79 Å². The van der Waals surface area contributed by atoms with E-state index >= 15 is 0 Å². The minimum Gasteiger partial charge on any atom is -0.367 e. The van der Waals surface area contributed by atoms with E-state index in [1.165, 1.54) is 0 Å². The molecule has 0 unspecified atom stereocenters. The zero-order valence-electron chi connectivity index (χ0n) is 11.6. The van der Waals surface area contributed by atoms with E-state index in [0.29, 0.717) is 11.4 Å².